The van der Waals surface area contributed by atoms with E-state index in [1.165, 1.54) is 6.26 Å². The maximum atomic E-state index is 10.9. The van der Waals surface area contributed by atoms with E-state index < -0.39 is 5.97 Å². The Labute approximate surface area is 114 Å². The van der Waals surface area contributed by atoms with E-state index in [0.29, 0.717) is 21.8 Å². The summed E-state index contributed by atoms with van der Waals surface area (Å²) in [6.45, 7) is 0.229. The molecular formula is C13H9ClN2O3. The van der Waals surface area contributed by atoms with Crippen molar-refractivity contribution < 1.29 is 14.3 Å². The summed E-state index contributed by atoms with van der Waals surface area (Å²) in [5.74, 6) is -1.25. The first-order valence-corrected chi connectivity index (χ1v) is 5.73. The van der Waals surface area contributed by atoms with Crippen molar-refractivity contribution in [3.63, 3.8) is 0 Å². The number of nitrogens with one attached hydrogen (secondary N) is 1. The van der Waals surface area contributed by atoms with Gasteiger partial charge < -0.3 is 14.8 Å². The molecule has 0 saturated carbocycles. The number of anilines is 1. The Morgan fingerprint density at radius 3 is 2.95 bits per heavy atom. The van der Waals surface area contributed by atoms with Crippen LogP contribution in [-0.4, -0.2) is 11.1 Å². The van der Waals surface area contributed by atoms with Gasteiger partial charge in [-0.25, -0.2) is 4.79 Å². The van der Waals surface area contributed by atoms with Crippen molar-refractivity contribution in [2.24, 2.45) is 0 Å². The predicted octanol–water partition coefficient (Wildman–Crippen LogP) is 3.11. The van der Waals surface area contributed by atoms with E-state index in [2.05, 4.69) is 5.32 Å². The van der Waals surface area contributed by atoms with Gasteiger partial charge in [-0.2, -0.15) is 5.26 Å². The summed E-state index contributed by atoms with van der Waals surface area (Å²) in [6.07, 6.45) is 1.31. The zero-order valence-corrected chi connectivity index (χ0v) is 10.4. The third-order valence-corrected chi connectivity index (χ3v) is 2.75. The number of carboxylic acid groups (broad SMARTS) is 1. The molecule has 0 fully saturated rings. The van der Waals surface area contributed by atoms with Crippen LogP contribution in [0.2, 0.25) is 5.02 Å². The summed E-state index contributed by atoms with van der Waals surface area (Å²) in [5.41, 5.74) is 1.48. The summed E-state index contributed by atoms with van der Waals surface area (Å²) >= 11 is 5.85. The highest BCUT2D eigenvalue weighted by Gasteiger charge is 2.14. The second-order valence-corrected chi connectivity index (χ2v) is 4.17. The van der Waals surface area contributed by atoms with E-state index in [1.807, 2.05) is 6.07 Å². The van der Waals surface area contributed by atoms with Crippen molar-refractivity contribution in [3.8, 4) is 6.07 Å². The van der Waals surface area contributed by atoms with E-state index in [1.54, 1.807) is 24.3 Å². The molecule has 2 aromatic rings. The van der Waals surface area contributed by atoms with E-state index in [4.69, 9.17) is 26.4 Å². The quantitative estimate of drug-likeness (QED) is 0.896. The largest absolute Gasteiger partial charge is 0.475 e. The summed E-state index contributed by atoms with van der Waals surface area (Å²) in [4.78, 5) is 10.9. The monoisotopic (exact) mass is 276 g/mol. The molecule has 2 rings (SSSR count). The number of aromatic carboxylic acids is 1. The van der Waals surface area contributed by atoms with Gasteiger partial charge in [-0.15, -0.1) is 0 Å². The number of rotatable bonds is 4. The molecule has 1 aromatic carbocycles. The van der Waals surface area contributed by atoms with Crippen LogP contribution in [0.1, 0.15) is 21.7 Å². The van der Waals surface area contributed by atoms with Crippen molar-refractivity contribution in [1.29, 1.82) is 5.26 Å². The number of hydrogen-bond donors (Lipinski definition) is 2. The number of carboxylic acids is 1. The lowest BCUT2D eigenvalue weighted by Gasteiger charge is -2.07. The first-order chi connectivity index (χ1) is 9.11. The molecule has 0 saturated heterocycles. The number of nitrogens with zero attached hydrogens (tertiary/aromatic N) is 1. The molecule has 1 aromatic heterocycles. The SMILES string of the molecule is N#Cc1ccc(Cl)cc1NCc1ccoc1C(=O)O. The molecule has 5 nitrogen and oxygen atoms in total. The van der Waals surface area contributed by atoms with Crippen LogP contribution in [0.25, 0.3) is 0 Å². The van der Waals surface area contributed by atoms with Gasteiger partial charge in [0.15, 0.2) is 0 Å². The number of carbonyl (C=O) groups is 1. The summed E-state index contributed by atoms with van der Waals surface area (Å²) in [5, 5.41) is 21.3. The Bertz CT molecular complexity index is 658. The first kappa shape index (κ1) is 13.0. The molecule has 0 atom stereocenters. The number of furan rings is 1. The molecular weight excluding hydrogens is 268 g/mol. The second kappa shape index (κ2) is 5.46. The Hall–Kier alpha value is -2.45. The van der Waals surface area contributed by atoms with Crippen molar-refractivity contribution in [2.75, 3.05) is 5.32 Å². The predicted molar refractivity (Wildman–Crippen MR) is 69.2 cm³/mol. The molecule has 0 radical (unpaired) electrons. The molecule has 0 aliphatic rings. The molecule has 0 unspecified atom stereocenters. The number of hydrogen-bond acceptors (Lipinski definition) is 4. The van der Waals surface area contributed by atoms with Gasteiger partial charge in [0.2, 0.25) is 5.76 Å². The fourth-order valence-electron chi connectivity index (χ4n) is 1.61. The van der Waals surface area contributed by atoms with Crippen molar-refractivity contribution in [3.05, 3.63) is 52.4 Å². The Kier molecular flexibility index (Phi) is 3.74. The van der Waals surface area contributed by atoms with Gasteiger partial charge in [0.25, 0.3) is 0 Å². The molecule has 2 N–H and O–H groups in total. The number of benzene rings is 1. The normalized spacial score (nSPS) is 9.89. The molecule has 1 heterocycles. The van der Waals surface area contributed by atoms with Crippen LogP contribution in [0.3, 0.4) is 0 Å². The van der Waals surface area contributed by atoms with Gasteiger partial charge in [-0.1, -0.05) is 11.6 Å². The fraction of sp³-hybridized carbons (Fsp3) is 0.0769. The minimum absolute atomic E-state index is 0.118. The van der Waals surface area contributed by atoms with Crippen LogP contribution in [0.4, 0.5) is 5.69 Å². The van der Waals surface area contributed by atoms with Crippen molar-refractivity contribution >= 4 is 23.3 Å². The van der Waals surface area contributed by atoms with E-state index >= 15 is 0 Å². The van der Waals surface area contributed by atoms with Gasteiger partial charge in [-0.3, -0.25) is 0 Å². The maximum absolute atomic E-state index is 10.9. The summed E-state index contributed by atoms with van der Waals surface area (Å²) in [7, 11) is 0. The van der Waals surface area contributed by atoms with Crippen molar-refractivity contribution in [2.45, 2.75) is 6.54 Å². The van der Waals surface area contributed by atoms with Crippen LogP contribution >= 0.6 is 11.6 Å². The van der Waals surface area contributed by atoms with Gasteiger partial charge >= 0.3 is 5.97 Å². The van der Waals surface area contributed by atoms with Crippen LogP contribution < -0.4 is 5.32 Å². The van der Waals surface area contributed by atoms with Gasteiger partial charge in [-0.05, 0) is 24.3 Å². The number of nitriles is 1. The van der Waals surface area contributed by atoms with Crippen LogP contribution in [0, 0.1) is 11.3 Å². The second-order valence-electron chi connectivity index (χ2n) is 3.74. The molecule has 19 heavy (non-hydrogen) atoms. The van der Waals surface area contributed by atoms with Crippen LogP contribution in [-0.2, 0) is 6.54 Å². The molecule has 0 aliphatic carbocycles. The Morgan fingerprint density at radius 2 is 2.26 bits per heavy atom. The molecule has 0 bridgehead atoms. The molecule has 6 heteroatoms. The lowest BCUT2D eigenvalue weighted by molar-refractivity contribution is 0.0661. The van der Waals surface area contributed by atoms with E-state index in [-0.39, 0.29) is 12.3 Å². The van der Waals surface area contributed by atoms with E-state index in [9.17, 15) is 4.79 Å². The standard InChI is InChI=1S/C13H9ClN2O3/c14-10-2-1-8(6-15)11(5-10)16-7-9-3-4-19-12(9)13(17)18/h1-5,16H,7H2,(H,17,18). The van der Waals surface area contributed by atoms with Gasteiger partial charge in [0, 0.05) is 17.1 Å². The zero-order valence-electron chi connectivity index (χ0n) is 9.68. The first-order valence-electron chi connectivity index (χ1n) is 5.35. The lowest BCUT2D eigenvalue weighted by atomic mass is 10.2. The molecule has 0 spiro atoms. The van der Waals surface area contributed by atoms with Crippen LogP contribution in [0.5, 0.6) is 0 Å². The third-order valence-electron chi connectivity index (χ3n) is 2.51. The minimum Gasteiger partial charge on any atom is -0.475 e. The fourth-order valence-corrected chi connectivity index (χ4v) is 1.79. The highest BCUT2D eigenvalue weighted by Crippen LogP contribution is 2.21. The van der Waals surface area contributed by atoms with E-state index in [0.717, 1.165) is 0 Å². The lowest BCUT2D eigenvalue weighted by Crippen LogP contribution is -2.05. The van der Waals surface area contributed by atoms with Gasteiger partial charge in [0.05, 0.1) is 17.5 Å². The zero-order chi connectivity index (χ0) is 13.8. The smallest absolute Gasteiger partial charge is 0.372 e. The average molecular weight is 277 g/mol. The summed E-state index contributed by atoms with van der Waals surface area (Å²) < 4.78 is 4.86. The molecule has 0 amide bonds. The number of halogens is 1. The van der Waals surface area contributed by atoms with Crippen molar-refractivity contribution in [1.82, 2.24) is 0 Å². The third kappa shape index (κ3) is 2.87. The Morgan fingerprint density at radius 1 is 1.47 bits per heavy atom. The maximum Gasteiger partial charge on any atom is 0.372 e. The van der Waals surface area contributed by atoms with Crippen LogP contribution in [0.15, 0.2) is 34.9 Å². The van der Waals surface area contributed by atoms with Gasteiger partial charge in [0.1, 0.15) is 6.07 Å². The topological polar surface area (TPSA) is 86.3 Å². The Balaban J connectivity index is 2.19. The highest BCUT2D eigenvalue weighted by atomic mass is 35.5. The highest BCUT2D eigenvalue weighted by molar-refractivity contribution is 6.30. The minimum atomic E-state index is -1.13. The average Bonchev–Trinajstić information content (AvgIpc) is 2.85. The molecule has 0 aliphatic heterocycles. The molecule has 96 valence electrons. The summed E-state index contributed by atoms with van der Waals surface area (Å²) in [6, 6.07) is 8.42.